The molecule has 0 radical (unpaired) electrons. The molecule has 1 heterocycles. The van der Waals surface area contributed by atoms with Crippen LogP contribution in [-0.4, -0.2) is 33.6 Å². The molecule has 2 aromatic rings. The number of anilines is 1. The lowest BCUT2D eigenvalue weighted by Gasteiger charge is -2.14. The smallest absolute Gasteiger partial charge is 0.320 e. The molecule has 1 aromatic heterocycles. The highest BCUT2D eigenvalue weighted by molar-refractivity contribution is 5.89. The molecular formula is C15H20N4O2. The Kier molecular flexibility index (Phi) is 4.94. The zero-order valence-corrected chi connectivity index (χ0v) is 12.2. The van der Waals surface area contributed by atoms with Crippen molar-refractivity contribution in [1.82, 2.24) is 15.1 Å². The summed E-state index contributed by atoms with van der Waals surface area (Å²) < 4.78 is 1.72. The topological polar surface area (TPSA) is 79.2 Å². The predicted octanol–water partition coefficient (Wildman–Crippen LogP) is 2.07. The molecule has 0 bridgehead atoms. The lowest BCUT2D eigenvalue weighted by molar-refractivity contribution is 0.222. The third-order valence-electron chi connectivity index (χ3n) is 3.20. The van der Waals surface area contributed by atoms with E-state index in [1.807, 2.05) is 50.4 Å². The van der Waals surface area contributed by atoms with Crippen molar-refractivity contribution in [1.29, 1.82) is 0 Å². The van der Waals surface area contributed by atoms with Crippen LogP contribution in [0, 0.1) is 6.92 Å². The van der Waals surface area contributed by atoms with Crippen LogP contribution in [0.1, 0.15) is 18.9 Å². The summed E-state index contributed by atoms with van der Waals surface area (Å²) >= 11 is 0. The zero-order chi connectivity index (χ0) is 15.2. The Hall–Kier alpha value is -2.34. The highest BCUT2D eigenvalue weighted by Crippen LogP contribution is 2.15. The van der Waals surface area contributed by atoms with Crippen molar-refractivity contribution in [2.45, 2.75) is 26.3 Å². The number of para-hydroxylation sites is 1. The summed E-state index contributed by atoms with van der Waals surface area (Å²) in [7, 11) is 0. The van der Waals surface area contributed by atoms with Gasteiger partial charge in [-0.3, -0.25) is 5.32 Å². The largest absolute Gasteiger partial charge is 0.394 e. The first-order valence-corrected chi connectivity index (χ1v) is 6.94. The van der Waals surface area contributed by atoms with E-state index in [1.54, 1.807) is 4.68 Å². The van der Waals surface area contributed by atoms with Crippen molar-refractivity contribution in [3.05, 3.63) is 42.1 Å². The van der Waals surface area contributed by atoms with Gasteiger partial charge in [-0.1, -0.05) is 25.1 Å². The Labute approximate surface area is 123 Å². The van der Waals surface area contributed by atoms with Crippen molar-refractivity contribution in [3.63, 3.8) is 0 Å². The number of hydrogen-bond acceptors (Lipinski definition) is 3. The zero-order valence-electron chi connectivity index (χ0n) is 12.2. The van der Waals surface area contributed by atoms with Crippen LogP contribution in [0.15, 0.2) is 36.5 Å². The summed E-state index contributed by atoms with van der Waals surface area (Å²) in [5.74, 6) is 0.504. The highest BCUT2D eigenvalue weighted by Gasteiger charge is 2.12. The third-order valence-corrected chi connectivity index (χ3v) is 3.20. The molecule has 0 aliphatic rings. The number of carbonyl (C=O) groups is 1. The summed E-state index contributed by atoms with van der Waals surface area (Å²) in [5, 5.41) is 18.8. The molecule has 6 heteroatoms. The van der Waals surface area contributed by atoms with Gasteiger partial charge in [0.05, 0.1) is 18.3 Å². The quantitative estimate of drug-likeness (QED) is 0.788. The molecule has 1 unspecified atom stereocenters. The van der Waals surface area contributed by atoms with Gasteiger partial charge in [0, 0.05) is 11.8 Å². The SMILES string of the molecule is CCC(CO)NC(=O)Nc1nn(-c2ccccc2)cc1C. The molecule has 21 heavy (non-hydrogen) atoms. The van der Waals surface area contributed by atoms with E-state index in [0.29, 0.717) is 12.2 Å². The van der Waals surface area contributed by atoms with Crippen LogP contribution in [-0.2, 0) is 0 Å². The van der Waals surface area contributed by atoms with Crippen LogP contribution in [0.3, 0.4) is 0 Å². The van der Waals surface area contributed by atoms with E-state index in [1.165, 1.54) is 0 Å². The first kappa shape index (κ1) is 15.1. The number of urea groups is 1. The van der Waals surface area contributed by atoms with E-state index in [2.05, 4.69) is 15.7 Å². The molecule has 112 valence electrons. The normalized spacial score (nSPS) is 12.0. The van der Waals surface area contributed by atoms with Crippen molar-refractivity contribution in [2.24, 2.45) is 0 Å². The summed E-state index contributed by atoms with van der Waals surface area (Å²) in [4.78, 5) is 11.9. The molecule has 3 N–H and O–H groups in total. The Morgan fingerprint density at radius 1 is 1.38 bits per heavy atom. The van der Waals surface area contributed by atoms with Gasteiger partial charge in [-0.2, -0.15) is 0 Å². The number of aromatic nitrogens is 2. The van der Waals surface area contributed by atoms with Gasteiger partial charge < -0.3 is 10.4 Å². The average Bonchev–Trinajstić information content (AvgIpc) is 2.87. The first-order chi connectivity index (χ1) is 10.1. The van der Waals surface area contributed by atoms with E-state index in [0.717, 1.165) is 11.3 Å². The molecule has 1 atom stereocenters. The van der Waals surface area contributed by atoms with E-state index in [4.69, 9.17) is 5.11 Å². The van der Waals surface area contributed by atoms with Gasteiger partial charge in [-0.15, -0.1) is 5.10 Å². The maximum Gasteiger partial charge on any atom is 0.320 e. The maximum absolute atomic E-state index is 11.9. The van der Waals surface area contributed by atoms with Crippen LogP contribution in [0.25, 0.3) is 5.69 Å². The van der Waals surface area contributed by atoms with Crippen molar-refractivity contribution >= 4 is 11.8 Å². The summed E-state index contributed by atoms with van der Waals surface area (Å²) in [6.45, 7) is 3.70. The monoisotopic (exact) mass is 288 g/mol. The molecule has 2 rings (SSSR count). The Morgan fingerprint density at radius 3 is 2.71 bits per heavy atom. The standard InChI is InChI=1S/C15H20N4O2/c1-3-12(10-20)16-15(21)17-14-11(2)9-19(18-14)13-7-5-4-6-8-13/h4-9,12,20H,3,10H2,1-2H3,(H2,16,17,18,21). The van der Waals surface area contributed by atoms with Gasteiger partial charge in [0.1, 0.15) is 0 Å². The summed E-state index contributed by atoms with van der Waals surface area (Å²) in [6.07, 6.45) is 2.52. The number of carbonyl (C=O) groups excluding carboxylic acids is 1. The van der Waals surface area contributed by atoms with Crippen molar-refractivity contribution in [2.75, 3.05) is 11.9 Å². The Balaban J connectivity index is 2.08. The summed E-state index contributed by atoms with van der Waals surface area (Å²) in [5.41, 5.74) is 1.79. The van der Waals surface area contributed by atoms with Crippen LogP contribution >= 0.6 is 0 Å². The fourth-order valence-electron chi connectivity index (χ4n) is 1.90. The number of nitrogens with one attached hydrogen (secondary N) is 2. The van der Waals surface area contributed by atoms with Gasteiger partial charge >= 0.3 is 6.03 Å². The molecule has 0 spiro atoms. The number of amides is 2. The molecule has 6 nitrogen and oxygen atoms in total. The molecule has 0 aliphatic carbocycles. The van der Waals surface area contributed by atoms with Crippen molar-refractivity contribution in [3.8, 4) is 5.69 Å². The van der Waals surface area contributed by atoms with Crippen LogP contribution in [0.2, 0.25) is 0 Å². The molecule has 2 amide bonds. The minimum absolute atomic E-state index is 0.0820. The van der Waals surface area contributed by atoms with Gasteiger partial charge in [-0.05, 0) is 25.5 Å². The number of rotatable bonds is 5. The fraction of sp³-hybridized carbons (Fsp3) is 0.333. The second-order valence-electron chi connectivity index (χ2n) is 4.83. The van der Waals surface area contributed by atoms with E-state index in [-0.39, 0.29) is 18.7 Å². The lowest BCUT2D eigenvalue weighted by Crippen LogP contribution is -2.39. The van der Waals surface area contributed by atoms with E-state index < -0.39 is 0 Å². The van der Waals surface area contributed by atoms with Crippen LogP contribution < -0.4 is 10.6 Å². The fourth-order valence-corrected chi connectivity index (χ4v) is 1.90. The minimum Gasteiger partial charge on any atom is -0.394 e. The molecular weight excluding hydrogens is 268 g/mol. The number of hydrogen-bond donors (Lipinski definition) is 3. The van der Waals surface area contributed by atoms with Gasteiger partial charge in [-0.25, -0.2) is 9.48 Å². The minimum atomic E-state index is -0.364. The second-order valence-corrected chi connectivity index (χ2v) is 4.83. The number of aryl methyl sites for hydroxylation is 1. The predicted molar refractivity (Wildman–Crippen MR) is 81.6 cm³/mol. The second kappa shape index (κ2) is 6.90. The first-order valence-electron chi connectivity index (χ1n) is 6.94. The van der Waals surface area contributed by atoms with E-state index >= 15 is 0 Å². The molecule has 0 saturated heterocycles. The number of nitrogens with zero attached hydrogens (tertiary/aromatic N) is 2. The van der Waals surface area contributed by atoms with Gasteiger partial charge in [0.15, 0.2) is 5.82 Å². The molecule has 0 aliphatic heterocycles. The van der Waals surface area contributed by atoms with E-state index in [9.17, 15) is 4.79 Å². The third kappa shape index (κ3) is 3.82. The molecule has 0 saturated carbocycles. The molecule has 1 aromatic carbocycles. The average molecular weight is 288 g/mol. The van der Waals surface area contributed by atoms with Crippen LogP contribution in [0.5, 0.6) is 0 Å². The highest BCUT2D eigenvalue weighted by atomic mass is 16.3. The molecule has 0 fully saturated rings. The summed E-state index contributed by atoms with van der Waals surface area (Å²) in [6, 6.07) is 9.06. The van der Waals surface area contributed by atoms with Gasteiger partial charge in [0.2, 0.25) is 0 Å². The number of aliphatic hydroxyl groups excluding tert-OH is 1. The lowest BCUT2D eigenvalue weighted by atomic mass is 10.2. The van der Waals surface area contributed by atoms with Crippen molar-refractivity contribution < 1.29 is 9.90 Å². The Morgan fingerprint density at radius 2 is 2.10 bits per heavy atom. The number of aliphatic hydroxyl groups is 1. The maximum atomic E-state index is 11.9. The van der Waals surface area contributed by atoms with Crippen LogP contribution in [0.4, 0.5) is 10.6 Å². The number of benzene rings is 1. The Bertz CT molecular complexity index is 591. The van der Waals surface area contributed by atoms with Gasteiger partial charge in [0.25, 0.3) is 0 Å².